The monoisotopic (exact) mass is 501 g/mol. The Labute approximate surface area is 210 Å². The minimum atomic E-state index is -3.73. The molecule has 2 rings (SSSR count). The van der Waals surface area contributed by atoms with Crippen molar-refractivity contribution in [2.24, 2.45) is 0 Å². The number of hydrogen-bond donors (Lipinski definition) is 1. The van der Waals surface area contributed by atoms with Crippen molar-refractivity contribution in [1.29, 1.82) is 0 Å². The van der Waals surface area contributed by atoms with Gasteiger partial charge in [0.1, 0.15) is 12.6 Å². The fourth-order valence-electron chi connectivity index (χ4n) is 3.76. The van der Waals surface area contributed by atoms with Crippen LogP contribution >= 0.6 is 0 Å². The maximum atomic E-state index is 13.7. The maximum absolute atomic E-state index is 13.7. The molecule has 2 aromatic carbocycles. The Hall–Kier alpha value is -2.87. The zero-order valence-electron chi connectivity index (χ0n) is 21.7. The normalized spacial score (nSPS) is 13.1. The molecular weight excluding hydrogens is 462 g/mol. The molecule has 0 spiro atoms. The molecule has 35 heavy (non-hydrogen) atoms. The standard InChI is InChI=1S/C27H39N3O4S/c1-7-21(5)28-27(32)25(9-3)29(18-23-12-10-20(4)11-13-23)26(31)19-30(35(6,33)34)24-16-14-22(8-2)15-17-24/h10-17,21,25H,7-9,18-19H2,1-6H3,(H,28,32)/t21-,25-/m0/s1. The second-order valence-corrected chi connectivity index (χ2v) is 10.9. The van der Waals surface area contributed by atoms with Crippen LogP contribution in [0.3, 0.4) is 0 Å². The summed E-state index contributed by atoms with van der Waals surface area (Å²) in [7, 11) is -3.73. The quantitative estimate of drug-likeness (QED) is 0.475. The number of sulfonamides is 1. The molecule has 0 aliphatic rings. The highest BCUT2D eigenvalue weighted by molar-refractivity contribution is 7.92. The van der Waals surface area contributed by atoms with E-state index in [1.165, 1.54) is 4.90 Å². The highest BCUT2D eigenvalue weighted by Gasteiger charge is 2.32. The number of anilines is 1. The van der Waals surface area contributed by atoms with Crippen molar-refractivity contribution in [3.63, 3.8) is 0 Å². The average molecular weight is 502 g/mol. The lowest BCUT2D eigenvalue weighted by molar-refractivity contribution is -0.140. The molecule has 0 unspecified atom stereocenters. The molecule has 0 heterocycles. The Kier molecular flexibility index (Phi) is 10.3. The van der Waals surface area contributed by atoms with Crippen LogP contribution in [-0.2, 0) is 32.6 Å². The van der Waals surface area contributed by atoms with Gasteiger partial charge in [-0.3, -0.25) is 13.9 Å². The van der Waals surface area contributed by atoms with Gasteiger partial charge in [0.25, 0.3) is 0 Å². The highest BCUT2D eigenvalue weighted by Crippen LogP contribution is 2.21. The van der Waals surface area contributed by atoms with E-state index < -0.39 is 22.0 Å². The lowest BCUT2D eigenvalue weighted by atomic mass is 10.1. The van der Waals surface area contributed by atoms with Crippen LogP contribution in [0.5, 0.6) is 0 Å². The van der Waals surface area contributed by atoms with E-state index in [4.69, 9.17) is 0 Å². The molecule has 0 radical (unpaired) electrons. The zero-order valence-corrected chi connectivity index (χ0v) is 22.6. The van der Waals surface area contributed by atoms with Gasteiger partial charge in [-0.25, -0.2) is 8.42 Å². The Balaban J connectivity index is 2.42. The second kappa shape index (κ2) is 12.7. The summed E-state index contributed by atoms with van der Waals surface area (Å²) < 4.78 is 26.5. The molecule has 7 nitrogen and oxygen atoms in total. The molecule has 2 amide bonds. The van der Waals surface area contributed by atoms with Gasteiger partial charge in [-0.05, 0) is 56.4 Å². The third-order valence-electron chi connectivity index (χ3n) is 6.17. The van der Waals surface area contributed by atoms with Crippen LogP contribution in [0.2, 0.25) is 0 Å². The van der Waals surface area contributed by atoms with Gasteiger partial charge in [0.2, 0.25) is 21.8 Å². The van der Waals surface area contributed by atoms with Crippen molar-refractivity contribution >= 4 is 27.5 Å². The van der Waals surface area contributed by atoms with Gasteiger partial charge in [-0.1, -0.05) is 62.7 Å². The van der Waals surface area contributed by atoms with Crippen LogP contribution in [0.25, 0.3) is 0 Å². The van der Waals surface area contributed by atoms with Gasteiger partial charge in [-0.2, -0.15) is 0 Å². The zero-order chi connectivity index (χ0) is 26.2. The van der Waals surface area contributed by atoms with E-state index in [0.29, 0.717) is 12.1 Å². The predicted molar refractivity (Wildman–Crippen MR) is 142 cm³/mol. The SMILES string of the molecule is CCc1ccc(N(CC(=O)N(Cc2ccc(C)cc2)[C@@H](CC)C(=O)N[C@@H](C)CC)S(C)(=O)=O)cc1. The molecule has 0 saturated carbocycles. The first-order valence-corrected chi connectivity index (χ1v) is 14.1. The van der Waals surface area contributed by atoms with E-state index >= 15 is 0 Å². The summed E-state index contributed by atoms with van der Waals surface area (Å²) in [5.74, 6) is -0.665. The van der Waals surface area contributed by atoms with Crippen molar-refractivity contribution in [3.05, 3.63) is 65.2 Å². The lowest BCUT2D eigenvalue weighted by Crippen LogP contribution is -2.53. The summed E-state index contributed by atoms with van der Waals surface area (Å²) in [6, 6.07) is 14.1. The fraction of sp³-hybridized carbons (Fsp3) is 0.481. The lowest BCUT2D eigenvalue weighted by Gasteiger charge is -2.33. The van der Waals surface area contributed by atoms with E-state index in [1.807, 2.05) is 71.0 Å². The summed E-state index contributed by atoms with van der Waals surface area (Å²) in [4.78, 5) is 28.3. The molecule has 0 aromatic heterocycles. The number of carbonyl (C=O) groups excluding carboxylic acids is 2. The number of hydrogen-bond acceptors (Lipinski definition) is 4. The number of nitrogens with zero attached hydrogens (tertiary/aromatic N) is 2. The molecule has 0 bridgehead atoms. The molecule has 0 saturated heterocycles. The molecular formula is C27H39N3O4S. The summed E-state index contributed by atoms with van der Waals surface area (Å²) >= 11 is 0. The van der Waals surface area contributed by atoms with Crippen LogP contribution in [0, 0.1) is 6.92 Å². The molecule has 0 fully saturated rings. The van der Waals surface area contributed by atoms with Crippen LogP contribution in [0.1, 0.15) is 57.2 Å². The van der Waals surface area contributed by atoms with E-state index in [9.17, 15) is 18.0 Å². The Morgan fingerprint density at radius 1 is 0.914 bits per heavy atom. The number of aryl methyl sites for hydroxylation is 2. The van der Waals surface area contributed by atoms with E-state index in [1.54, 1.807) is 12.1 Å². The summed E-state index contributed by atoms with van der Waals surface area (Å²) in [5, 5.41) is 2.97. The molecule has 0 aliphatic carbocycles. The van der Waals surface area contributed by atoms with Gasteiger partial charge in [0.05, 0.1) is 11.9 Å². The largest absolute Gasteiger partial charge is 0.352 e. The van der Waals surface area contributed by atoms with E-state index in [-0.39, 0.29) is 25.0 Å². The first-order valence-electron chi connectivity index (χ1n) is 12.2. The van der Waals surface area contributed by atoms with Crippen molar-refractivity contribution in [3.8, 4) is 0 Å². The number of benzene rings is 2. The van der Waals surface area contributed by atoms with E-state index in [2.05, 4.69) is 5.32 Å². The second-order valence-electron chi connectivity index (χ2n) is 9.04. The Morgan fingerprint density at radius 2 is 1.49 bits per heavy atom. The molecule has 8 heteroatoms. The van der Waals surface area contributed by atoms with Crippen LogP contribution in [0.4, 0.5) is 5.69 Å². The van der Waals surface area contributed by atoms with Crippen LogP contribution in [0.15, 0.2) is 48.5 Å². The van der Waals surface area contributed by atoms with Gasteiger partial charge < -0.3 is 10.2 Å². The molecule has 2 atom stereocenters. The van der Waals surface area contributed by atoms with Gasteiger partial charge in [0.15, 0.2) is 0 Å². The van der Waals surface area contributed by atoms with Crippen molar-refractivity contribution in [2.45, 2.75) is 72.5 Å². The summed E-state index contributed by atoms with van der Waals surface area (Å²) in [6.07, 6.45) is 3.09. The smallest absolute Gasteiger partial charge is 0.244 e. The number of carbonyl (C=O) groups is 2. The first-order chi connectivity index (χ1) is 16.5. The van der Waals surface area contributed by atoms with Crippen LogP contribution < -0.4 is 9.62 Å². The predicted octanol–water partition coefficient (Wildman–Crippen LogP) is 4.05. The summed E-state index contributed by atoms with van der Waals surface area (Å²) in [6.45, 7) is 9.58. The topological polar surface area (TPSA) is 86.8 Å². The van der Waals surface area contributed by atoms with Gasteiger partial charge in [-0.15, -0.1) is 0 Å². The third-order valence-corrected chi connectivity index (χ3v) is 7.31. The van der Waals surface area contributed by atoms with E-state index in [0.717, 1.165) is 40.1 Å². The number of amides is 2. The van der Waals surface area contributed by atoms with Crippen molar-refractivity contribution < 1.29 is 18.0 Å². The van der Waals surface area contributed by atoms with Gasteiger partial charge in [0, 0.05) is 12.6 Å². The Bertz CT molecular complexity index is 1080. The number of rotatable bonds is 12. The summed E-state index contributed by atoms with van der Waals surface area (Å²) in [5.41, 5.74) is 3.46. The minimum Gasteiger partial charge on any atom is -0.352 e. The van der Waals surface area contributed by atoms with Crippen molar-refractivity contribution in [1.82, 2.24) is 10.2 Å². The van der Waals surface area contributed by atoms with Gasteiger partial charge >= 0.3 is 0 Å². The highest BCUT2D eigenvalue weighted by atomic mass is 32.2. The Morgan fingerprint density at radius 3 is 1.97 bits per heavy atom. The maximum Gasteiger partial charge on any atom is 0.244 e. The van der Waals surface area contributed by atoms with Crippen LogP contribution in [-0.4, -0.2) is 50.0 Å². The molecule has 192 valence electrons. The first kappa shape index (κ1) is 28.4. The molecule has 1 N–H and O–H groups in total. The average Bonchev–Trinajstić information content (AvgIpc) is 2.82. The third kappa shape index (κ3) is 8.09. The molecule has 0 aliphatic heterocycles. The number of nitrogens with one attached hydrogen (secondary N) is 1. The van der Waals surface area contributed by atoms with Crippen molar-refractivity contribution in [2.75, 3.05) is 17.1 Å². The fourth-order valence-corrected chi connectivity index (χ4v) is 4.61. The molecule has 2 aromatic rings. The minimum absolute atomic E-state index is 0.0301.